The summed E-state index contributed by atoms with van der Waals surface area (Å²) in [4.78, 5) is 16.5. The van der Waals surface area contributed by atoms with Crippen LogP contribution in [0.15, 0.2) is 54.7 Å². The van der Waals surface area contributed by atoms with Crippen LogP contribution in [0, 0.1) is 25.5 Å². The number of pyridine rings is 1. The minimum atomic E-state index is -0.947. The van der Waals surface area contributed by atoms with E-state index in [4.69, 9.17) is 0 Å². The minimum absolute atomic E-state index is 0.206. The molecular weight excluding hydrogens is 336 g/mol. The molecule has 0 fully saturated rings. The van der Waals surface area contributed by atoms with Crippen LogP contribution in [-0.2, 0) is 0 Å². The molecule has 0 aliphatic heterocycles. The molecule has 3 aromatic rings. The molecular formula is C20H17F2N3O. The number of anilines is 3. The first kappa shape index (κ1) is 17.5. The fourth-order valence-corrected chi connectivity index (χ4v) is 2.51. The van der Waals surface area contributed by atoms with Gasteiger partial charge >= 0.3 is 0 Å². The van der Waals surface area contributed by atoms with Crippen LogP contribution in [0.25, 0.3) is 0 Å². The third-order valence-electron chi connectivity index (χ3n) is 3.83. The van der Waals surface area contributed by atoms with Gasteiger partial charge in [0.1, 0.15) is 5.69 Å². The van der Waals surface area contributed by atoms with E-state index in [-0.39, 0.29) is 11.6 Å². The molecule has 3 rings (SSSR count). The molecule has 1 amide bonds. The maximum Gasteiger partial charge on any atom is 0.274 e. The topological polar surface area (TPSA) is 54.0 Å². The first-order valence-electron chi connectivity index (χ1n) is 7.99. The summed E-state index contributed by atoms with van der Waals surface area (Å²) in [5.74, 6) is -2.22. The number of rotatable bonds is 4. The lowest BCUT2D eigenvalue weighted by Gasteiger charge is -2.10. The van der Waals surface area contributed by atoms with E-state index >= 15 is 0 Å². The number of hydrogen-bond acceptors (Lipinski definition) is 3. The van der Waals surface area contributed by atoms with Crippen LogP contribution >= 0.6 is 0 Å². The fourth-order valence-electron chi connectivity index (χ4n) is 2.51. The normalized spacial score (nSPS) is 10.5. The number of hydrogen-bond donors (Lipinski definition) is 2. The smallest absolute Gasteiger partial charge is 0.274 e. The van der Waals surface area contributed by atoms with Crippen LogP contribution in [0.3, 0.4) is 0 Å². The number of nitrogens with zero attached hydrogens (tertiary/aromatic N) is 1. The summed E-state index contributed by atoms with van der Waals surface area (Å²) in [6, 6.07) is 12.4. The molecule has 0 saturated heterocycles. The predicted molar refractivity (Wildman–Crippen MR) is 97.7 cm³/mol. The fraction of sp³-hybridized carbons (Fsp3) is 0.100. The van der Waals surface area contributed by atoms with Gasteiger partial charge in [-0.25, -0.2) is 8.78 Å². The van der Waals surface area contributed by atoms with Gasteiger partial charge in [0.25, 0.3) is 5.91 Å². The van der Waals surface area contributed by atoms with Gasteiger partial charge in [-0.2, -0.15) is 0 Å². The average Bonchev–Trinajstić information content (AvgIpc) is 2.61. The number of aryl methyl sites for hydroxylation is 2. The second-order valence-electron chi connectivity index (χ2n) is 5.96. The molecule has 0 unspecified atom stereocenters. The molecule has 0 atom stereocenters. The Hall–Kier alpha value is -3.28. The number of carbonyl (C=O) groups is 1. The van der Waals surface area contributed by atoms with Crippen molar-refractivity contribution in [3.8, 4) is 0 Å². The third kappa shape index (κ3) is 4.03. The highest BCUT2D eigenvalue weighted by atomic mass is 19.2. The van der Waals surface area contributed by atoms with Crippen molar-refractivity contribution < 1.29 is 13.6 Å². The monoisotopic (exact) mass is 353 g/mol. The largest absolute Gasteiger partial charge is 0.355 e. The summed E-state index contributed by atoms with van der Waals surface area (Å²) in [5.41, 5.74) is 3.89. The van der Waals surface area contributed by atoms with Gasteiger partial charge in [0.15, 0.2) is 11.6 Å². The van der Waals surface area contributed by atoms with Crippen molar-refractivity contribution in [1.29, 1.82) is 0 Å². The number of nitrogens with one attached hydrogen (secondary N) is 2. The number of carbonyl (C=O) groups excluding carboxylic acids is 1. The molecule has 0 bridgehead atoms. The van der Waals surface area contributed by atoms with Crippen LogP contribution in [-0.4, -0.2) is 10.9 Å². The molecule has 132 valence electrons. The van der Waals surface area contributed by atoms with Gasteiger partial charge in [-0.1, -0.05) is 17.7 Å². The number of aromatic nitrogens is 1. The van der Waals surface area contributed by atoms with Gasteiger partial charge in [-0.05, 0) is 49.7 Å². The summed E-state index contributed by atoms with van der Waals surface area (Å²) in [5, 5.41) is 5.75. The maximum absolute atomic E-state index is 13.3. The molecule has 2 aromatic carbocycles. The first-order chi connectivity index (χ1) is 12.4. The van der Waals surface area contributed by atoms with Crippen LogP contribution in [0.5, 0.6) is 0 Å². The average molecular weight is 353 g/mol. The second-order valence-corrected chi connectivity index (χ2v) is 5.96. The number of halogens is 2. The Labute approximate surface area is 149 Å². The Bertz CT molecular complexity index is 973. The van der Waals surface area contributed by atoms with Crippen molar-refractivity contribution in [2.75, 3.05) is 10.6 Å². The molecule has 0 spiro atoms. The zero-order valence-corrected chi connectivity index (χ0v) is 14.3. The summed E-state index contributed by atoms with van der Waals surface area (Å²) < 4.78 is 26.3. The van der Waals surface area contributed by atoms with Gasteiger partial charge < -0.3 is 10.6 Å². The number of benzene rings is 2. The summed E-state index contributed by atoms with van der Waals surface area (Å²) in [6.45, 7) is 3.89. The molecule has 6 heteroatoms. The number of amides is 1. The van der Waals surface area contributed by atoms with E-state index in [0.717, 1.165) is 23.3 Å². The van der Waals surface area contributed by atoms with E-state index in [2.05, 4.69) is 15.6 Å². The van der Waals surface area contributed by atoms with Crippen molar-refractivity contribution in [1.82, 2.24) is 4.98 Å². The third-order valence-corrected chi connectivity index (χ3v) is 3.83. The Morgan fingerprint density at radius 3 is 2.42 bits per heavy atom. The van der Waals surface area contributed by atoms with Gasteiger partial charge in [0, 0.05) is 29.3 Å². The van der Waals surface area contributed by atoms with Crippen molar-refractivity contribution in [2.24, 2.45) is 0 Å². The van der Waals surface area contributed by atoms with Crippen LogP contribution in [0.1, 0.15) is 21.6 Å². The summed E-state index contributed by atoms with van der Waals surface area (Å²) in [7, 11) is 0. The van der Waals surface area contributed by atoms with Crippen LogP contribution in [0.4, 0.5) is 25.8 Å². The molecule has 26 heavy (non-hydrogen) atoms. The van der Waals surface area contributed by atoms with E-state index < -0.39 is 11.6 Å². The molecule has 2 N–H and O–H groups in total. The molecule has 0 aliphatic carbocycles. The molecule has 1 aromatic heterocycles. The zero-order valence-electron chi connectivity index (χ0n) is 14.3. The first-order valence-corrected chi connectivity index (χ1v) is 7.99. The standard InChI is InChI=1S/C20H17F2N3O/c1-12-3-6-18(13(2)9-12)25-20(26)19-11-15(7-8-23-19)24-14-4-5-16(21)17(22)10-14/h3-11H,1-2H3,(H,23,24)(H,25,26). The molecule has 4 nitrogen and oxygen atoms in total. The Morgan fingerprint density at radius 2 is 1.69 bits per heavy atom. The maximum atomic E-state index is 13.3. The van der Waals surface area contributed by atoms with Crippen molar-refractivity contribution >= 4 is 23.0 Å². The Kier molecular flexibility index (Phi) is 4.93. The van der Waals surface area contributed by atoms with Gasteiger partial charge in [0.2, 0.25) is 0 Å². The minimum Gasteiger partial charge on any atom is -0.355 e. The van der Waals surface area contributed by atoms with Crippen LogP contribution < -0.4 is 10.6 Å². The summed E-state index contributed by atoms with van der Waals surface area (Å²) in [6.07, 6.45) is 1.47. The lowest BCUT2D eigenvalue weighted by Crippen LogP contribution is -2.14. The van der Waals surface area contributed by atoms with Crippen molar-refractivity contribution in [3.05, 3.63) is 83.2 Å². The van der Waals surface area contributed by atoms with E-state index in [0.29, 0.717) is 17.1 Å². The lowest BCUT2D eigenvalue weighted by molar-refractivity contribution is 0.102. The second kappa shape index (κ2) is 7.31. The molecule has 0 saturated carbocycles. The van der Waals surface area contributed by atoms with Gasteiger partial charge in [-0.3, -0.25) is 9.78 Å². The van der Waals surface area contributed by atoms with Gasteiger partial charge in [-0.15, -0.1) is 0 Å². The van der Waals surface area contributed by atoms with E-state index in [1.54, 1.807) is 12.1 Å². The van der Waals surface area contributed by atoms with E-state index in [1.165, 1.54) is 12.3 Å². The quantitative estimate of drug-likeness (QED) is 0.696. The highest BCUT2D eigenvalue weighted by Gasteiger charge is 2.11. The van der Waals surface area contributed by atoms with Crippen LogP contribution in [0.2, 0.25) is 0 Å². The Morgan fingerprint density at radius 1 is 0.923 bits per heavy atom. The van der Waals surface area contributed by atoms with E-state index in [9.17, 15) is 13.6 Å². The van der Waals surface area contributed by atoms with Gasteiger partial charge in [0.05, 0.1) is 0 Å². The summed E-state index contributed by atoms with van der Waals surface area (Å²) >= 11 is 0. The predicted octanol–water partition coefficient (Wildman–Crippen LogP) is 4.97. The highest BCUT2D eigenvalue weighted by molar-refractivity contribution is 6.03. The highest BCUT2D eigenvalue weighted by Crippen LogP contribution is 2.20. The molecule has 0 aliphatic rings. The van der Waals surface area contributed by atoms with Crippen molar-refractivity contribution in [3.63, 3.8) is 0 Å². The SMILES string of the molecule is Cc1ccc(NC(=O)c2cc(Nc3ccc(F)c(F)c3)ccn2)c(C)c1. The lowest BCUT2D eigenvalue weighted by atomic mass is 10.1. The zero-order chi connectivity index (χ0) is 18.7. The molecule has 1 heterocycles. The van der Waals surface area contributed by atoms with E-state index in [1.807, 2.05) is 32.0 Å². The Balaban J connectivity index is 1.77. The molecule has 0 radical (unpaired) electrons. The van der Waals surface area contributed by atoms with Crippen molar-refractivity contribution in [2.45, 2.75) is 13.8 Å².